The van der Waals surface area contributed by atoms with Crippen LogP contribution in [0.5, 0.6) is 0 Å². The highest BCUT2D eigenvalue weighted by molar-refractivity contribution is 5.75. The highest BCUT2D eigenvalue weighted by atomic mass is 16.6. The number of aryl methyl sites for hydroxylation is 1. The zero-order valence-electron chi connectivity index (χ0n) is 11.4. The van der Waals surface area contributed by atoms with Gasteiger partial charge in [-0.15, -0.1) is 0 Å². The van der Waals surface area contributed by atoms with Crippen LogP contribution in [-0.2, 0) is 11.3 Å². The van der Waals surface area contributed by atoms with E-state index in [4.69, 9.17) is 0 Å². The number of aromatic nitrogens is 2. The summed E-state index contributed by atoms with van der Waals surface area (Å²) in [4.78, 5) is 21.6. The number of rotatable bonds is 8. The van der Waals surface area contributed by atoms with Gasteiger partial charge < -0.3 is 15.4 Å². The predicted octanol–water partition coefficient (Wildman–Crippen LogP) is 1.80. The van der Waals surface area contributed by atoms with Crippen LogP contribution in [-0.4, -0.2) is 27.2 Å². The molecule has 0 aliphatic carbocycles. The van der Waals surface area contributed by atoms with Crippen molar-refractivity contribution in [3.05, 3.63) is 21.9 Å². The Morgan fingerprint density at radius 2 is 2.21 bits per heavy atom. The minimum absolute atomic E-state index is 0.0213. The Balaban J connectivity index is 2.38. The summed E-state index contributed by atoms with van der Waals surface area (Å²) in [7, 11) is 0. The van der Waals surface area contributed by atoms with Crippen molar-refractivity contribution < 1.29 is 9.72 Å². The van der Waals surface area contributed by atoms with Gasteiger partial charge in [0.05, 0.1) is 16.9 Å². The van der Waals surface area contributed by atoms with E-state index in [1.165, 1.54) is 17.2 Å². The van der Waals surface area contributed by atoms with Crippen molar-refractivity contribution in [2.45, 2.75) is 46.1 Å². The summed E-state index contributed by atoms with van der Waals surface area (Å²) >= 11 is 0. The maximum absolute atomic E-state index is 11.6. The number of amides is 1. The van der Waals surface area contributed by atoms with Crippen LogP contribution in [0.25, 0.3) is 0 Å². The van der Waals surface area contributed by atoms with Crippen molar-refractivity contribution in [3.63, 3.8) is 0 Å². The Morgan fingerprint density at radius 1 is 1.47 bits per heavy atom. The third-order valence-corrected chi connectivity index (χ3v) is 2.80. The van der Waals surface area contributed by atoms with Crippen LogP contribution in [0, 0.1) is 17.0 Å². The quantitative estimate of drug-likeness (QED) is 0.442. The molecule has 0 spiro atoms. The molecule has 1 aromatic rings. The average Bonchev–Trinajstić information content (AvgIpc) is 2.71. The van der Waals surface area contributed by atoms with Gasteiger partial charge in [0, 0.05) is 6.54 Å². The monoisotopic (exact) mass is 268 g/mol. The van der Waals surface area contributed by atoms with Crippen LogP contribution in [0.1, 0.15) is 38.3 Å². The zero-order valence-corrected chi connectivity index (χ0v) is 11.4. The molecule has 106 valence electrons. The molecule has 0 aliphatic rings. The number of nitrogens with zero attached hydrogens (tertiary/aromatic N) is 3. The fourth-order valence-electron chi connectivity index (χ4n) is 1.71. The number of carbonyl (C=O) groups is 1. The molecule has 0 aromatic carbocycles. The lowest BCUT2D eigenvalue weighted by atomic mass is 10.2. The predicted molar refractivity (Wildman–Crippen MR) is 70.8 cm³/mol. The highest BCUT2D eigenvalue weighted by Crippen LogP contribution is 2.10. The van der Waals surface area contributed by atoms with Crippen molar-refractivity contribution >= 4 is 11.7 Å². The number of hydrogen-bond donors (Lipinski definition) is 1. The molecule has 0 radical (unpaired) electrons. The van der Waals surface area contributed by atoms with Crippen LogP contribution in [0.15, 0.2) is 6.07 Å². The summed E-state index contributed by atoms with van der Waals surface area (Å²) in [6.07, 6.45) is 4.38. The number of hydrogen-bond acceptors (Lipinski definition) is 4. The van der Waals surface area contributed by atoms with E-state index in [1.807, 2.05) is 0 Å². The molecule has 0 atom stereocenters. The Morgan fingerprint density at radius 3 is 2.79 bits per heavy atom. The second-order valence-corrected chi connectivity index (χ2v) is 4.47. The van der Waals surface area contributed by atoms with Gasteiger partial charge in [-0.3, -0.25) is 4.79 Å². The summed E-state index contributed by atoms with van der Waals surface area (Å²) in [5.41, 5.74) is 0.604. The summed E-state index contributed by atoms with van der Waals surface area (Å²) in [5, 5.41) is 17.1. The van der Waals surface area contributed by atoms with Crippen LogP contribution in [0.3, 0.4) is 0 Å². The average molecular weight is 268 g/mol. The molecule has 1 N–H and O–H groups in total. The standard InChI is InChI=1S/C12H20N4O3/c1-3-4-5-6-7-13-12(17)9-15-10(2)8-11(14-15)16(18)19/h8H,3-7,9H2,1-2H3,(H,13,17). The van der Waals surface area contributed by atoms with E-state index in [0.29, 0.717) is 12.2 Å². The Labute approximate surface area is 112 Å². The molecular weight excluding hydrogens is 248 g/mol. The lowest BCUT2D eigenvalue weighted by Crippen LogP contribution is -2.29. The Bertz CT molecular complexity index is 442. The third-order valence-electron chi connectivity index (χ3n) is 2.80. The van der Waals surface area contributed by atoms with Crippen LogP contribution in [0.2, 0.25) is 0 Å². The first-order valence-corrected chi connectivity index (χ1v) is 6.50. The van der Waals surface area contributed by atoms with E-state index in [1.54, 1.807) is 6.92 Å². The van der Waals surface area contributed by atoms with Gasteiger partial charge in [-0.2, -0.15) is 4.68 Å². The first kappa shape index (κ1) is 15.1. The van der Waals surface area contributed by atoms with Crippen LogP contribution >= 0.6 is 0 Å². The SMILES string of the molecule is CCCCCCNC(=O)Cn1nc([N+](=O)[O-])cc1C. The van der Waals surface area contributed by atoms with Gasteiger partial charge in [0.2, 0.25) is 5.91 Å². The number of carbonyl (C=O) groups excluding carboxylic acids is 1. The smallest absolute Gasteiger partial charge is 0.358 e. The summed E-state index contributed by atoms with van der Waals surface area (Å²) in [5.74, 6) is -0.397. The van der Waals surface area contributed by atoms with Gasteiger partial charge in [0.25, 0.3) is 0 Å². The van der Waals surface area contributed by atoms with Gasteiger partial charge in [-0.1, -0.05) is 26.2 Å². The van der Waals surface area contributed by atoms with E-state index in [0.717, 1.165) is 19.3 Å². The van der Waals surface area contributed by atoms with Crippen molar-refractivity contribution in [3.8, 4) is 0 Å². The van der Waals surface area contributed by atoms with Crippen molar-refractivity contribution in [2.75, 3.05) is 6.54 Å². The molecule has 19 heavy (non-hydrogen) atoms. The molecule has 0 aliphatic heterocycles. The molecule has 0 saturated carbocycles. The van der Waals surface area contributed by atoms with E-state index in [9.17, 15) is 14.9 Å². The van der Waals surface area contributed by atoms with Gasteiger partial charge in [0.1, 0.15) is 6.54 Å². The fourth-order valence-corrected chi connectivity index (χ4v) is 1.71. The molecule has 1 rings (SSSR count). The Kier molecular flexibility index (Phi) is 5.98. The van der Waals surface area contributed by atoms with Crippen LogP contribution in [0.4, 0.5) is 5.82 Å². The van der Waals surface area contributed by atoms with E-state index in [2.05, 4.69) is 17.3 Å². The third kappa shape index (κ3) is 5.07. The maximum Gasteiger partial charge on any atom is 0.390 e. The maximum atomic E-state index is 11.6. The molecule has 1 heterocycles. The molecule has 1 amide bonds. The summed E-state index contributed by atoms with van der Waals surface area (Å²) < 4.78 is 1.35. The van der Waals surface area contributed by atoms with Gasteiger partial charge in [-0.25, -0.2) is 0 Å². The molecule has 7 heteroatoms. The van der Waals surface area contributed by atoms with Crippen molar-refractivity contribution in [1.29, 1.82) is 0 Å². The molecule has 0 unspecified atom stereocenters. The van der Waals surface area contributed by atoms with Crippen molar-refractivity contribution in [1.82, 2.24) is 15.1 Å². The summed E-state index contributed by atoms with van der Waals surface area (Å²) in [6.45, 7) is 4.48. The topological polar surface area (TPSA) is 90.1 Å². The molecule has 7 nitrogen and oxygen atoms in total. The van der Waals surface area contributed by atoms with E-state index < -0.39 is 4.92 Å². The van der Waals surface area contributed by atoms with Gasteiger partial charge in [0.15, 0.2) is 0 Å². The molecule has 0 bridgehead atoms. The molecule has 1 aromatic heterocycles. The molecule has 0 saturated heterocycles. The minimum Gasteiger partial charge on any atom is -0.358 e. The largest absolute Gasteiger partial charge is 0.390 e. The van der Waals surface area contributed by atoms with Crippen LogP contribution < -0.4 is 5.32 Å². The Hall–Kier alpha value is -1.92. The highest BCUT2D eigenvalue weighted by Gasteiger charge is 2.17. The lowest BCUT2D eigenvalue weighted by molar-refractivity contribution is -0.389. The number of nitrogens with one attached hydrogen (secondary N) is 1. The minimum atomic E-state index is -0.563. The lowest BCUT2D eigenvalue weighted by Gasteiger charge is -2.04. The molecule has 0 fully saturated rings. The second-order valence-electron chi connectivity index (χ2n) is 4.47. The normalized spacial score (nSPS) is 10.4. The first-order chi connectivity index (χ1) is 9.04. The van der Waals surface area contributed by atoms with Gasteiger partial charge >= 0.3 is 5.82 Å². The first-order valence-electron chi connectivity index (χ1n) is 6.50. The van der Waals surface area contributed by atoms with E-state index >= 15 is 0 Å². The van der Waals surface area contributed by atoms with Gasteiger partial charge in [-0.05, 0) is 18.3 Å². The van der Waals surface area contributed by atoms with E-state index in [-0.39, 0.29) is 18.3 Å². The fraction of sp³-hybridized carbons (Fsp3) is 0.667. The summed E-state index contributed by atoms with van der Waals surface area (Å²) in [6, 6.07) is 1.36. The number of nitro groups is 1. The molecular formula is C12H20N4O3. The zero-order chi connectivity index (χ0) is 14.3. The number of unbranched alkanes of at least 4 members (excludes halogenated alkanes) is 3. The second kappa shape index (κ2) is 7.50. The van der Waals surface area contributed by atoms with Crippen molar-refractivity contribution in [2.24, 2.45) is 0 Å².